The van der Waals surface area contributed by atoms with Crippen LogP contribution < -0.4 is 10.1 Å². The molecule has 2 aromatic carbocycles. The molecule has 3 amide bonds. The molecule has 1 unspecified atom stereocenters. The Bertz CT molecular complexity index is 1210. The first kappa shape index (κ1) is 27.2. The summed E-state index contributed by atoms with van der Waals surface area (Å²) in [6, 6.07) is 12.7. The number of hydrogen-bond acceptors (Lipinski definition) is 6. The number of amides is 3. The van der Waals surface area contributed by atoms with Crippen molar-refractivity contribution in [2.24, 2.45) is 0 Å². The van der Waals surface area contributed by atoms with E-state index in [4.69, 9.17) is 4.74 Å². The van der Waals surface area contributed by atoms with Crippen LogP contribution in [0.15, 0.2) is 53.4 Å². The minimum atomic E-state index is -3.93. The highest BCUT2D eigenvalue weighted by atomic mass is 32.2. The topological polar surface area (TPSA) is 113 Å². The Labute approximate surface area is 212 Å². The van der Waals surface area contributed by atoms with Gasteiger partial charge in [-0.1, -0.05) is 38.1 Å². The van der Waals surface area contributed by atoms with Crippen LogP contribution in [0.25, 0.3) is 0 Å². The van der Waals surface area contributed by atoms with Crippen molar-refractivity contribution < 1.29 is 27.5 Å². The molecule has 1 heterocycles. The summed E-state index contributed by atoms with van der Waals surface area (Å²) >= 11 is 0. The van der Waals surface area contributed by atoms with E-state index in [-0.39, 0.29) is 48.2 Å². The highest BCUT2D eigenvalue weighted by Crippen LogP contribution is 2.30. The Morgan fingerprint density at radius 3 is 2.53 bits per heavy atom. The number of nitrogens with one attached hydrogen (secondary N) is 1. The van der Waals surface area contributed by atoms with Gasteiger partial charge in [0.15, 0.2) is 0 Å². The van der Waals surface area contributed by atoms with Crippen LogP contribution in [0.2, 0.25) is 0 Å². The first-order chi connectivity index (χ1) is 17.2. The number of hydrogen-bond donors (Lipinski definition) is 1. The fourth-order valence-electron chi connectivity index (χ4n) is 4.22. The highest BCUT2D eigenvalue weighted by molar-refractivity contribution is 7.90. The van der Waals surface area contributed by atoms with Crippen molar-refractivity contribution in [3.8, 4) is 5.75 Å². The number of rotatable bonds is 12. The minimum absolute atomic E-state index is 0.0142. The van der Waals surface area contributed by atoms with Crippen molar-refractivity contribution in [1.82, 2.24) is 14.5 Å². The number of benzene rings is 2. The molecule has 0 saturated heterocycles. The van der Waals surface area contributed by atoms with Gasteiger partial charge in [-0.2, -0.15) is 0 Å². The Hall–Kier alpha value is -3.40. The zero-order chi connectivity index (χ0) is 26.3. The number of sulfonamides is 1. The van der Waals surface area contributed by atoms with Crippen molar-refractivity contribution >= 4 is 27.7 Å². The predicted molar refractivity (Wildman–Crippen MR) is 135 cm³/mol. The summed E-state index contributed by atoms with van der Waals surface area (Å²) in [5.41, 5.74) is 0.944. The van der Waals surface area contributed by atoms with Crippen molar-refractivity contribution in [2.45, 2.75) is 57.0 Å². The molecule has 1 aliphatic heterocycles. The van der Waals surface area contributed by atoms with Crippen LogP contribution in [0, 0.1) is 0 Å². The van der Waals surface area contributed by atoms with Crippen molar-refractivity contribution in [3.05, 3.63) is 59.7 Å². The molecule has 0 radical (unpaired) electrons. The zero-order valence-corrected chi connectivity index (χ0v) is 21.7. The maximum Gasteiger partial charge on any atom is 0.269 e. The summed E-state index contributed by atoms with van der Waals surface area (Å²) in [6.45, 7) is 4.38. The van der Waals surface area contributed by atoms with Crippen LogP contribution >= 0.6 is 0 Å². The van der Waals surface area contributed by atoms with Gasteiger partial charge in [-0.15, -0.1) is 0 Å². The normalized spacial score (nSPS) is 14.8. The maximum atomic E-state index is 13.4. The van der Waals surface area contributed by atoms with Crippen molar-refractivity contribution in [1.29, 1.82) is 0 Å². The van der Waals surface area contributed by atoms with Gasteiger partial charge in [0.2, 0.25) is 11.8 Å². The van der Waals surface area contributed by atoms with Gasteiger partial charge in [-0.25, -0.2) is 12.7 Å². The SMILES string of the molecule is CCCNC(=O)C(CC)N(Cc1cccc(OC)c1)C(=O)CCCN1C(=O)c2ccccc2S1(=O)=O. The molecule has 3 rings (SSSR count). The molecular weight excluding hydrogens is 482 g/mol. The first-order valence-electron chi connectivity index (χ1n) is 12.1. The second-order valence-corrected chi connectivity index (χ2v) is 10.4. The molecule has 0 aromatic heterocycles. The van der Waals surface area contributed by atoms with E-state index in [2.05, 4.69) is 5.32 Å². The number of carbonyl (C=O) groups excluding carboxylic acids is 3. The summed E-state index contributed by atoms with van der Waals surface area (Å²) in [7, 11) is -2.38. The van der Waals surface area contributed by atoms with E-state index >= 15 is 0 Å². The second kappa shape index (κ2) is 12.0. The molecule has 0 saturated carbocycles. The first-order valence-corrected chi connectivity index (χ1v) is 13.5. The fraction of sp³-hybridized carbons (Fsp3) is 0.423. The summed E-state index contributed by atoms with van der Waals surface area (Å²) in [5, 5.41) is 2.86. The predicted octanol–water partition coefficient (Wildman–Crippen LogP) is 2.95. The molecule has 0 bridgehead atoms. The van der Waals surface area contributed by atoms with E-state index in [1.54, 1.807) is 25.3 Å². The largest absolute Gasteiger partial charge is 0.497 e. The molecule has 0 fully saturated rings. The van der Waals surface area contributed by atoms with E-state index in [1.165, 1.54) is 17.0 Å². The maximum absolute atomic E-state index is 13.4. The molecule has 0 aliphatic carbocycles. The lowest BCUT2D eigenvalue weighted by Gasteiger charge is -2.31. The number of fused-ring (bicyclic) bond motifs is 1. The number of methoxy groups -OCH3 is 1. The Morgan fingerprint density at radius 2 is 1.86 bits per heavy atom. The quantitative estimate of drug-likeness (QED) is 0.465. The van der Waals surface area contributed by atoms with Gasteiger partial charge in [-0.3, -0.25) is 14.4 Å². The van der Waals surface area contributed by atoms with Gasteiger partial charge in [-0.05, 0) is 49.1 Å². The van der Waals surface area contributed by atoms with Crippen LogP contribution in [-0.2, 0) is 26.2 Å². The average Bonchev–Trinajstić information content (AvgIpc) is 3.07. The third-order valence-electron chi connectivity index (χ3n) is 6.09. The van der Waals surface area contributed by atoms with Crippen LogP contribution in [0.1, 0.15) is 55.5 Å². The smallest absolute Gasteiger partial charge is 0.269 e. The third kappa shape index (κ3) is 5.87. The summed E-state index contributed by atoms with van der Waals surface area (Å²) in [4.78, 5) is 40.4. The lowest BCUT2D eigenvalue weighted by molar-refractivity contribution is -0.141. The van der Waals surface area contributed by atoms with Gasteiger partial charge >= 0.3 is 0 Å². The summed E-state index contributed by atoms with van der Waals surface area (Å²) < 4.78 is 31.7. The molecule has 2 aromatic rings. The monoisotopic (exact) mass is 515 g/mol. The Kier molecular flexibility index (Phi) is 9.08. The summed E-state index contributed by atoms with van der Waals surface area (Å²) in [6.07, 6.45) is 1.31. The lowest BCUT2D eigenvalue weighted by atomic mass is 10.1. The summed E-state index contributed by atoms with van der Waals surface area (Å²) in [5.74, 6) is -0.474. The highest BCUT2D eigenvalue weighted by Gasteiger charge is 2.40. The van der Waals surface area contributed by atoms with Gasteiger partial charge in [0.25, 0.3) is 15.9 Å². The van der Waals surface area contributed by atoms with Crippen LogP contribution in [-0.4, -0.2) is 61.6 Å². The molecule has 36 heavy (non-hydrogen) atoms. The standard InChI is InChI=1S/C26H33N3O6S/c1-4-15-27-25(31)22(5-2)28(18-19-10-8-11-20(17-19)35-3)24(30)14-9-16-29-26(32)21-12-6-7-13-23(21)36(29,33)34/h6-8,10-13,17,22H,4-5,9,14-16,18H2,1-3H3,(H,27,31). The van der Waals surface area contributed by atoms with Gasteiger partial charge in [0.05, 0.1) is 12.7 Å². The number of carbonyl (C=O) groups is 3. The van der Waals surface area contributed by atoms with Crippen LogP contribution in [0.4, 0.5) is 0 Å². The molecule has 1 N–H and O–H groups in total. The fourth-order valence-corrected chi connectivity index (χ4v) is 5.83. The molecule has 0 spiro atoms. The minimum Gasteiger partial charge on any atom is -0.497 e. The van der Waals surface area contributed by atoms with Gasteiger partial charge < -0.3 is 15.0 Å². The van der Waals surface area contributed by atoms with E-state index in [1.807, 2.05) is 32.0 Å². The molecule has 194 valence electrons. The van der Waals surface area contributed by atoms with Crippen molar-refractivity contribution in [3.63, 3.8) is 0 Å². The zero-order valence-electron chi connectivity index (χ0n) is 20.9. The molecule has 9 nitrogen and oxygen atoms in total. The molecule has 1 atom stereocenters. The van der Waals surface area contributed by atoms with Crippen LogP contribution in [0.5, 0.6) is 5.75 Å². The molecular formula is C26H33N3O6S. The molecule has 10 heteroatoms. The van der Waals surface area contributed by atoms with E-state index in [0.717, 1.165) is 16.3 Å². The number of nitrogens with zero attached hydrogens (tertiary/aromatic N) is 2. The Morgan fingerprint density at radius 1 is 1.11 bits per heavy atom. The molecule has 1 aliphatic rings. The van der Waals surface area contributed by atoms with E-state index in [9.17, 15) is 22.8 Å². The van der Waals surface area contributed by atoms with E-state index < -0.39 is 22.0 Å². The third-order valence-corrected chi connectivity index (χ3v) is 7.93. The second-order valence-electron chi connectivity index (χ2n) is 8.57. The lowest BCUT2D eigenvalue weighted by Crippen LogP contribution is -2.49. The van der Waals surface area contributed by atoms with Gasteiger partial charge in [0.1, 0.15) is 16.7 Å². The van der Waals surface area contributed by atoms with Crippen molar-refractivity contribution in [2.75, 3.05) is 20.2 Å². The van der Waals surface area contributed by atoms with E-state index in [0.29, 0.717) is 18.7 Å². The Balaban J connectivity index is 1.75. The van der Waals surface area contributed by atoms with Crippen LogP contribution in [0.3, 0.4) is 0 Å². The van der Waals surface area contributed by atoms with Gasteiger partial charge in [0, 0.05) is 26.1 Å². The average molecular weight is 516 g/mol. The number of ether oxygens (including phenoxy) is 1.